The Hall–Kier alpha value is -1.74. The second-order valence-electron chi connectivity index (χ2n) is 10.0. The van der Waals surface area contributed by atoms with Crippen LogP contribution in [0.25, 0.3) is 0 Å². The number of halogens is 5. The summed E-state index contributed by atoms with van der Waals surface area (Å²) in [5, 5.41) is 0.545. The Kier molecular flexibility index (Phi) is 11.6. The third kappa shape index (κ3) is 7.96. The van der Waals surface area contributed by atoms with Crippen molar-refractivity contribution in [3.63, 3.8) is 0 Å². The van der Waals surface area contributed by atoms with Crippen LogP contribution in [0.2, 0.25) is 18.1 Å². The number of ether oxygens (including phenoxy) is 2. The van der Waals surface area contributed by atoms with Crippen molar-refractivity contribution in [2.75, 3.05) is 33.6 Å². The van der Waals surface area contributed by atoms with Crippen LogP contribution >= 0.6 is 15.9 Å². The number of aromatic nitrogens is 1. The zero-order valence-electron chi connectivity index (χ0n) is 24.0. The van der Waals surface area contributed by atoms with Gasteiger partial charge in [0.2, 0.25) is 0 Å². The van der Waals surface area contributed by atoms with Crippen molar-refractivity contribution in [1.29, 1.82) is 0 Å². The monoisotopic (exact) mass is 670 g/mol. The average Bonchev–Trinajstić information content (AvgIpc) is 2.89. The highest BCUT2D eigenvalue weighted by atomic mass is 79.9. The Morgan fingerprint density at radius 2 is 1.73 bits per heavy atom. The summed E-state index contributed by atoms with van der Waals surface area (Å²) < 4.78 is 86.1. The number of benzene rings is 1. The molecule has 7 nitrogen and oxygen atoms in total. The fourth-order valence-electron chi connectivity index (χ4n) is 4.79. The smallest absolute Gasteiger partial charge is 0.408 e. The Labute approximate surface area is 244 Å². The van der Waals surface area contributed by atoms with Crippen molar-refractivity contribution < 1.29 is 31.2 Å². The molecule has 2 aromatic rings. The fraction of sp³-hybridized carbons (Fsp3) is 0.577. The zero-order chi connectivity index (χ0) is 30.5. The van der Waals surface area contributed by atoms with E-state index in [1.807, 2.05) is 20.8 Å². The molecule has 1 aromatic carbocycles. The van der Waals surface area contributed by atoms with Gasteiger partial charge in [0, 0.05) is 25.2 Å². The van der Waals surface area contributed by atoms with E-state index in [1.165, 1.54) is 32.5 Å². The van der Waals surface area contributed by atoms with Crippen LogP contribution < -0.4 is 20.4 Å². The maximum Gasteiger partial charge on any atom is 0.408 e. The summed E-state index contributed by atoms with van der Waals surface area (Å²) in [6.07, 6.45) is -4.70. The van der Waals surface area contributed by atoms with Gasteiger partial charge in [-0.3, -0.25) is 0 Å². The van der Waals surface area contributed by atoms with Crippen molar-refractivity contribution in [3.8, 4) is 11.5 Å². The second-order valence-corrected chi connectivity index (χ2v) is 18.4. The van der Waals surface area contributed by atoms with Gasteiger partial charge in [0.05, 0.1) is 39.3 Å². The first-order valence-electron chi connectivity index (χ1n) is 12.9. The predicted molar refractivity (Wildman–Crippen MR) is 158 cm³/mol. The molecule has 0 fully saturated rings. The lowest BCUT2D eigenvalue weighted by Crippen LogP contribution is -2.51. The lowest BCUT2D eigenvalue weighted by Gasteiger charge is -2.34. The highest BCUT2D eigenvalue weighted by Gasteiger charge is 2.40. The number of pyridine rings is 1. The summed E-state index contributed by atoms with van der Waals surface area (Å²) in [6.45, 7) is 5.77. The van der Waals surface area contributed by atoms with Gasteiger partial charge in [-0.15, -0.1) is 0 Å². The van der Waals surface area contributed by atoms with Crippen LogP contribution in [0.3, 0.4) is 0 Å². The van der Waals surface area contributed by atoms with Crippen molar-refractivity contribution in [2.45, 2.75) is 64.1 Å². The van der Waals surface area contributed by atoms with E-state index in [-0.39, 0.29) is 12.2 Å². The van der Waals surface area contributed by atoms with Crippen molar-refractivity contribution in [2.24, 2.45) is 10.1 Å². The predicted octanol–water partition coefficient (Wildman–Crippen LogP) is 5.97. The summed E-state index contributed by atoms with van der Waals surface area (Å²) in [5.74, 6) is -0.284. The average molecular weight is 672 g/mol. The highest BCUT2D eigenvalue weighted by molar-refractivity contribution is 9.10. The second kappa shape index (κ2) is 13.5. The van der Waals surface area contributed by atoms with Gasteiger partial charge in [-0.2, -0.15) is 13.2 Å². The highest BCUT2D eigenvalue weighted by Crippen LogP contribution is 2.31. The molecule has 0 saturated heterocycles. The molecule has 0 bridgehead atoms. The Morgan fingerprint density at radius 1 is 1.12 bits per heavy atom. The standard InChI is InChI=1S/C26H39BrF4N4O3SSi/c1-8-40(9-2,10-3)21-14-22(27)34-24(23(21)28)25(4,32)17-39(36,33-16-26(29,30)31)35(5)15-18-11-12-19(37-6)13-20(18)38-7/h11-14H,8-10,15-17,32H2,1-7H3/t25-,39?/m0/s1. The van der Waals surface area contributed by atoms with Crippen LogP contribution in [0, 0.1) is 5.82 Å². The summed E-state index contributed by atoms with van der Waals surface area (Å²) >= 11 is 3.37. The molecule has 0 aliphatic carbocycles. The molecule has 1 unspecified atom stereocenters. The molecule has 0 aliphatic heterocycles. The number of nitrogens with two attached hydrogens (primary N) is 1. The SMILES string of the molecule is CC[Si](CC)(CC)c1cc(Br)nc([C@@](C)(N)CS(=O)(=NCC(F)(F)F)N(C)Cc2ccc(OC)cc2OC)c1F. The summed E-state index contributed by atoms with van der Waals surface area (Å²) in [6, 6.07) is 8.96. The largest absolute Gasteiger partial charge is 0.497 e. The summed E-state index contributed by atoms with van der Waals surface area (Å²) in [4.78, 5) is 4.30. The van der Waals surface area contributed by atoms with Gasteiger partial charge in [-0.25, -0.2) is 22.3 Å². The molecule has 2 N–H and O–H groups in total. The van der Waals surface area contributed by atoms with E-state index in [2.05, 4.69) is 25.3 Å². The molecular weight excluding hydrogens is 632 g/mol. The molecule has 0 saturated carbocycles. The van der Waals surface area contributed by atoms with Crippen LogP contribution in [0.1, 0.15) is 39.0 Å². The molecule has 2 atom stereocenters. The van der Waals surface area contributed by atoms with Crippen LogP contribution in [0.15, 0.2) is 33.2 Å². The quantitative estimate of drug-likeness (QED) is 0.161. The number of methoxy groups -OCH3 is 2. The molecule has 0 radical (unpaired) electrons. The number of alkyl halides is 3. The third-order valence-electron chi connectivity index (χ3n) is 7.38. The molecule has 14 heteroatoms. The lowest BCUT2D eigenvalue weighted by atomic mass is 10.0. The Bertz CT molecular complexity index is 1290. The van der Waals surface area contributed by atoms with Gasteiger partial charge in [0.15, 0.2) is 0 Å². The van der Waals surface area contributed by atoms with E-state index in [0.29, 0.717) is 26.9 Å². The van der Waals surface area contributed by atoms with Crippen LogP contribution in [-0.4, -0.2) is 61.3 Å². The molecule has 0 aliphatic rings. The molecule has 0 amide bonds. The molecular formula is C26H39BrF4N4O3SSi. The van der Waals surface area contributed by atoms with Gasteiger partial charge in [-0.05, 0) is 40.2 Å². The van der Waals surface area contributed by atoms with Gasteiger partial charge in [0.25, 0.3) is 0 Å². The first-order valence-corrected chi connectivity index (χ1v) is 17.9. The minimum Gasteiger partial charge on any atom is -0.497 e. The molecule has 2 rings (SSSR count). The summed E-state index contributed by atoms with van der Waals surface area (Å²) in [7, 11) is -1.76. The van der Waals surface area contributed by atoms with E-state index in [1.54, 1.807) is 24.3 Å². The van der Waals surface area contributed by atoms with E-state index in [4.69, 9.17) is 15.2 Å². The van der Waals surface area contributed by atoms with E-state index in [9.17, 15) is 17.4 Å². The summed E-state index contributed by atoms with van der Waals surface area (Å²) in [5.41, 5.74) is 5.26. The lowest BCUT2D eigenvalue weighted by molar-refractivity contribution is -0.117. The van der Waals surface area contributed by atoms with Crippen LogP contribution in [0.5, 0.6) is 11.5 Å². The first kappa shape index (κ1) is 34.5. The van der Waals surface area contributed by atoms with Crippen molar-refractivity contribution >= 4 is 39.1 Å². The van der Waals surface area contributed by atoms with Gasteiger partial charge in [0.1, 0.15) is 38.4 Å². The maximum absolute atomic E-state index is 16.2. The van der Waals surface area contributed by atoms with Crippen molar-refractivity contribution in [3.05, 3.63) is 45.9 Å². The molecule has 40 heavy (non-hydrogen) atoms. The maximum atomic E-state index is 16.2. The Morgan fingerprint density at radius 3 is 2.23 bits per heavy atom. The van der Waals surface area contributed by atoms with E-state index >= 15 is 4.39 Å². The minimum atomic E-state index is -4.70. The van der Waals surface area contributed by atoms with Gasteiger partial charge in [-0.1, -0.05) is 45.0 Å². The number of nitrogens with zero attached hydrogens (tertiary/aromatic N) is 3. The number of hydrogen-bond donors (Lipinski definition) is 1. The van der Waals surface area contributed by atoms with Gasteiger partial charge < -0.3 is 15.2 Å². The fourth-order valence-corrected chi connectivity index (χ4v) is 11.2. The molecule has 1 heterocycles. The van der Waals surface area contributed by atoms with E-state index in [0.717, 1.165) is 18.1 Å². The molecule has 0 spiro atoms. The molecule has 1 aromatic heterocycles. The molecule has 226 valence electrons. The number of rotatable bonds is 13. The number of hydrogen-bond acceptors (Lipinski definition) is 6. The van der Waals surface area contributed by atoms with Crippen LogP contribution in [0.4, 0.5) is 17.6 Å². The minimum absolute atomic E-state index is 0.0827. The normalized spacial score (nSPS) is 15.4. The Balaban J connectivity index is 2.64. The zero-order valence-corrected chi connectivity index (χ0v) is 27.4. The van der Waals surface area contributed by atoms with E-state index < -0.39 is 47.8 Å². The topological polar surface area (TPSA) is 90.0 Å². The third-order valence-corrected chi connectivity index (χ3v) is 16.0. The van der Waals surface area contributed by atoms with Gasteiger partial charge >= 0.3 is 6.18 Å². The van der Waals surface area contributed by atoms with Crippen LogP contribution in [-0.2, 0) is 22.0 Å². The first-order chi connectivity index (χ1) is 18.5. The van der Waals surface area contributed by atoms with Crippen molar-refractivity contribution in [1.82, 2.24) is 9.29 Å².